The SMILES string of the molecule is Cc1ccc(-n2ncc(C(=O)N3CCN(c4cccc(Cl)c4)CC3)c2C2CCN(C(=O)OC(C)(C)C)CC2)cc1. The molecule has 2 aliphatic heterocycles. The lowest BCUT2D eigenvalue weighted by atomic mass is 9.90. The fraction of sp³-hybridized carbons (Fsp3) is 0.452. The Labute approximate surface area is 241 Å². The Bertz CT molecular complexity index is 1350. The number of rotatable bonds is 4. The van der Waals surface area contributed by atoms with Crippen LogP contribution in [-0.4, -0.2) is 76.5 Å². The summed E-state index contributed by atoms with van der Waals surface area (Å²) in [5, 5.41) is 5.43. The van der Waals surface area contributed by atoms with Crippen LogP contribution in [0, 0.1) is 6.92 Å². The lowest BCUT2D eigenvalue weighted by Gasteiger charge is -2.37. The smallest absolute Gasteiger partial charge is 0.410 e. The summed E-state index contributed by atoms with van der Waals surface area (Å²) in [5.74, 6) is 0.0999. The van der Waals surface area contributed by atoms with Crippen LogP contribution < -0.4 is 4.90 Å². The van der Waals surface area contributed by atoms with Gasteiger partial charge in [0, 0.05) is 55.9 Å². The first kappa shape index (κ1) is 28.0. The molecule has 0 atom stereocenters. The molecular weight excluding hydrogens is 526 g/mol. The van der Waals surface area contributed by atoms with E-state index in [0.717, 1.165) is 48.6 Å². The van der Waals surface area contributed by atoms with Crippen molar-refractivity contribution in [3.05, 3.63) is 76.6 Å². The number of piperazine rings is 1. The molecule has 2 aliphatic rings. The minimum atomic E-state index is -0.533. The molecule has 0 unspecified atom stereocenters. The Morgan fingerprint density at radius 2 is 1.57 bits per heavy atom. The van der Waals surface area contributed by atoms with Crippen molar-refractivity contribution < 1.29 is 14.3 Å². The van der Waals surface area contributed by atoms with E-state index in [-0.39, 0.29) is 17.9 Å². The van der Waals surface area contributed by atoms with Gasteiger partial charge in [-0.05, 0) is 70.9 Å². The van der Waals surface area contributed by atoms with Crippen LogP contribution in [0.15, 0.2) is 54.7 Å². The van der Waals surface area contributed by atoms with Crippen molar-refractivity contribution >= 4 is 29.3 Å². The summed E-state index contributed by atoms with van der Waals surface area (Å²) in [6.07, 6.45) is 2.91. The summed E-state index contributed by atoms with van der Waals surface area (Å²) in [7, 11) is 0. The first-order valence-corrected chi connectivity index (χ1v) is 14.4. The van der Waals surface area contributed by atoms with Crippen molar-refractivity contribution in [3.63, 3.8) is 0 Å². The fourth-order valence-corrected chi connectivity index (χ4v) is 5.66. The minimum absolute atomic E-state index is 0.00803. The first-order valence-electron chi connectivity index (χ1n) is 14.0. The van der Waals surface area contributed by atoms with E-state index in [4.69, 9.17) is 21.4 Å². The summed E-state index contributed by atoms with van der Waals surface area (Å²) in [6, 6.07) is 16.0. The predicted octanol–water partition coefficient (Wildman–Crippen LogP) is 5.91. The fourth-order valence-electron chi connectivity index (χ4n) is 5.48. The molecule has 2 fully saturated rings. The van der Waals surface area contributed by atoms with E-state index in [0.29, 0.717) is 36.8 Å². The summed E-state index contributed by atoms with van der Waals surface area (Å²) < 4.78 is 7.51. The maximum Gasteiger partial charge on any atom is 0.410 e. The van der Waals surface area contributed by atoms with Gasteiger partial charge >= 0.3 is 6.09 Å². The van der Waals surface area contributed by atoms with Crippen LogP contribution in [0.1, 0.15) is 61.1 Å². The van der Waals surface area contributed by atoms with Crippen molar-refractivity contribution in [1.29, 1.82) is 0 Å². The third kappa shape index (κ3) is 6.28. The second-order valence-corrected chi connectivity index (χ2v) is 12.1. The number of carbonyl (C=O) groups is 2. The number of nitrogens with zero attached hydrogens (tertiary/aromatic N) is 5. The monoisotopic (exact) mass is 563 g/mol. The molecule has 8 nitrogen and oxygen atoms in total. The van der Waals surface area contributed by atoms with Gasteiger partial charge in [-0.25, -0.2) is 9.48 Å². The van der Waals surface area contributed by atoms with Gasteiger partial charge in [-0.3, -0.25) is 4.79 Å². The van der Waals surface area contributed by atoms with Crippen molar-refractivity contribution in [2.24, 2.45) is 0 Å². The highest BCUT2D eigenvalue weighted by molar-refractivity contribution is 6.30. The molecule has 9 heteroatoms. The van der Waals surface area contributed by atoms with Gasteiger partial charge in [-0.2, -0.15) is 5.10 Å². The van der Waals surface area contributed by atoms with Gasteiger partial charge in [-0.15, -0.1) is 0 Å². The largest absolute Gasteiger partial charge is 0.444 e. The number of aromatic nitrogens is 2. The molecule has 1 aromatic heterocycles. The summed E-state index contributed by atoms with van der Waals surface area (Å²) in [6.45, 7) is 11.6. The Morgan fingerprint density at radius 1 is 0.900 bits per heavy atom. The standard InChI is InChI=1S/C31H38ClN5O3/c1-22-8-10-25(11-9-22)37-28(23-12-14-36(15-13-23)30(39)40-31(2,3)4)27(21-33-37)29(38)35-18-16-34(17-19-35)26-7-5-6-24(32)20-26/h5-11,20-21,23H,12-19H2,1-4H3. The second kappa shape index (κ2) is 11.5. The number of halogens is 1. The van der Waals surface area contributed by atoms with Crippen LogP contribution in [-0.2, 0) is 4.74 Å². The highest BCUT2D eigenvalue weighted by Crippen LogP contribution is 2.34. The molecule has 0 saturated carbocycles. The molecule has 2 aromatic carbocycles. The number of ether oxygens (including phenoxy) is 1. The Hall–Kier alpha value is -3.52. The molecule has 5 rings (SSSR count). The number of aryl methyl sites for hydroxylation is 1. The van der Waals surface area contributed by atoms with E-state index in [1.54, 1.807) is 11.1 Å². The number of hydrogen-bond donors (Lipinski definition) is 0. The normalized spacial score (nSPS) is 16.8. The van der Waals surface area contributed by atoms with Gasteiger partial charge in [0.1, 0.15) is 5.60 Å². The van der Waals surface area contributed by atoms with Gasteiger partial charge < -0.3 is 19.4 Å². The predicted molar refractivity (Wildman–Crippen MR) is 158 cm³/mol. The van der Waals surface area contributed by atoms with Crippen LogP contribution in [0.5, 0.6) is 0 Å². The molecule has 0 N–H and O–H groups in total. The molecule has 40 heavy (non-hydrogen) atoms. The van der Waals surface area contributed by atoms with E-state index in [2.05, 4.69) is 30.0 Å². The van der Waals surface area contributed by atoms with Crippen LogP contribution in [0.25, 0.3) is 5.69 Å². The average Bonchev–Trinajstić information content (AvgIpc) is 3.37. The maximum absolute atomic E-state index is 13.9. The van der Waals surface area contributed by atoms with Crippen molar-refractivity contribution in [1.82, 2.24) is 19.6 Å². The van der Waals surface area contributed by atoms with E-state index < -0.39 is 5.60 Å². The van der Waals surface area contributed by atoms with Crippen LogP contribution in [0.2, 0.25) is 5.02 Å². The molecule has 0 aliphatic carbocycles. The maximum atomic E-state index is 13.9. The van der Waals surface area contributed by atoms with Gasteiger partial charge in [0.15, 0.2) is 0 Å². The number of likely N-dealkylation sites (tertiary alicyclic amines) is 1. The highest BCUT2D eigenvalue weighted by Gasteiger charge is 2.34. The van der Waals surface area contributed by atoms with Crippen LogP contribution in [0.3, 0.4) is 0 Å². The number of benzene rings is 2. The molecule has 212 valence electrons. The van der Waals surface area contributed by atoms with Gasteiger partial charge in [0.25, 0.3) is 5.91 Å². The Balaban J connectivity index is 1.36. The van der Waals surface area contributed by atoms with Crippen LogP contribution >= 0.6 is 11.6 Å². The van der Waals surface area contributed by atoms with Crippen LogP contribution in [0.4, 0.5) is 10.5 Å². The third-order valence-electron chi connectivity index (χ3n) is 7.59. The minimum Gasteiger partial charge on any atom is -0.444 e. The van der Waals surface area contributed by atoms with E-state index in [1.165, 1.54) is 0 Å². The number of piperidine rings is 1. The lowest BCUT2D eigenvalue weighted by Crippen LogP contribution is -2.49. The topological polar surface area (TPSA) is 70.9 Å². The molecule has 0 radical (unpaired) electrons. The van der Waals surface area contributed by atoms with Gasteiger partial charge in [0.2, 0.25) is 0 Å². The summed E-state index contributed by atoms with van der Waals surface area (Å²) >= 11 is 6.20. The molecule has 2 amide bonds. The lowest BCUT2D eigenvalue weighted by molar-refractivity contribution is 0.0203. The zero-order valence-electron chi connectivity index (χ0n) is 23.8. The number of anilines is 1. The van der Waals surface area contributed by atoms with Crippen molar-refractivity contribution in [2.75, 3.05) is 44.2 Å². The molecule has 3 heterocycles. The quantitative estimate of drug-likeness (QED) is 0.394. The number of hydrogen-bond acceptors (Lipinski definition) is 5. The van der Waals surface area contributed by atoms with Crippen molar-refractivity contribution in [2.45, 2.75) is 52.1 Å². The molecule has 3 aromatic rings. The van der Waals surface area contributed by atoms with Gasteiger partial charge in [-0.1, -0.05) is 35.4 Å². The Morgan fingerprint density at radius 3 is 2.20 bits per heavy atom. The second-order valence-electron chi connectivity index (χ2n) is 11.7. The first-order chi connectivity index (χ1) is 19.1. The van der Waals surface area contributed by atoms with Gasteiger partial charge in [0.05, 0.1) is 23.1 Å². The zero-order valence-corrected chi connectivity index (χ0v) is 24.5. The average molecular weight is 564 g/mol. The molecular formula is C31H38ClN5O3. The molecule has 2 saturated heterocycles. The van der Waals surface area contributed by atoms with Crippen molar-refractivity contribution in [3.8, 4) is 5.69 Å². The van der Waals surface area contributed by atoms with E-state index in [9.17, 15) is 9.59 Å². The Kier molecular flexibility index (Phi) is 8.08. The number of amides is 2. The van der Waals surface area contributed by atoms with E-state index in [1.807, 2.05) is 60.7 Å². The van der Waals surface area contributed by atoms with E-state index >= 15 is 0 Å². The summed E-state index contributed by atoms with van der Waals surface area (Å²) in [5.41, 5.74) is 4.21. The zero-order chi connectivity index (χ0) is 28.4. The third-order valence-corrected chi connectivity index (χ3v) is 7.82. The summed E-state index contributed by atoms with van der Waals surface area (Å²) in [4.78, 5) is 32.6. The highest BCUT2D eigenvalue weighted by atomic mass is 35.5. The molecule has 0 bridgehead atoms. The molecule has 0 spiro atoms. The number of carbonyl (C=O) groups excluding carboxylic acids is 2.